The normalized spacial score (nSPS) is 12.9. The van der Waals surface area contributed by atoms with Crippen molar-refractivity contribution in [2.45, 2.75) is 58.4 Å². The molecule has 0 aromatic heterocycles. The first kappa shape index (κ1) is 17.7. The molecule has 0 spiro atoms. The van der Waals surface area contributed by atoms with Gasteiger partial charge in [0, 0.05) is 26.1 Å². The zero-order valence-corrected chi connectivity index (χ0v) is 12.8. The molecule has 0 radical (unpaired) electrons. The molecule has 5 heteroatoms. The van der Waals surface area contributed by atoms with Crippen molar-refractivity contribution in [3.8, 4) is 0 Å². The van der Waals surface area contributed by atoms with Gasteiger partial charge in [0.1, 0.15) is 0 Å². The topological polar surface area (TPSA) is 62.7 Å². The maximum absolute atomic E-state index is 10.9. The van der Waals surface area contributed by atoms with Crippen LogP contribution in [0.4, 0.5) is 0 Å². The SMILES string of the molecule is CCC(C)NC(=NC)NCCCCCCC(=O)OC. The lowest BCUT2D eigenvalue weighted by Crippen LogP contribution is -2.42. The van der Waals surface area contributed by atoms with E-state index in [-0.39, 0.29) is 5.97 Å². The number of hydrogen-bond acceptors (Lipinski definition) is 3. The van der Waals surface area contributed by atoms with Gasteiger partial charge in [0.05, 0.1) is 7.11 Å². The van der Waals surface area contributed by atoms with E-state index in [1.54, 1.807) is 7.05 Å². The van der Waals surface area contributed by atoms with Gasteiger partial charge in [-0.05, 0) is 26.2 Å². The Balaban J connectivity index is 3.49. The molecule has 0 aliphatic heterocycles. The molecule has 0 rings (SSSR count). The summed E-state index contributed by atoms with van der Waals surface area (Å²) in [5.41, 5.74) is 0. The van der Waals surface area contributed by atoms with Crippen LogP contribution in [0.5, 0.6) is 0 Å². The molecule has 1 atom stereocenters. The number of hydrogen-bond donors (Lipinski definition) is 2. The predicted octanol–water partition coefficient (Wildman–Crippen LogP) is 2.07. The third-order valence-corrected chi connectivity index (χ3v) is 3.05. The van der Waals surface area contributed by atoms with Crippen LogP contribution >= 0.6 is 0 Å². The molecular weight excluding hydrogens is 242 g/mol. The van der Waals surface area contributed by atoms with Crippen LogP contribution in [0.25, 0.3) is 0 Å². The molecule has 0 aromatic rings. The van der Waals surface area contributed by atoms with Gasteiger partial charge in [-0.1, -0.05) is 19.8 Å². The Morgan fingerprint density at radius 2 is 1.95 bits per heavy atom. The van der Waals surface area contributed by atoms with Gasteiger partial charge in [0.25, 0.3) is 0 Å². The Kier molecular flexibility index (Phi) is 11.0. The predicted molar refractivity (Wildman–Crippen MR) is 79.4 cm³/mol. The lowest BCUT2D eigenvalue weighted by Gasteiger charge is -2.16. The second kappa shape index (κ2) is 11.8. The Morgan fingerprint density at radius 3 is 2.53 bits per heavy atom. The van der Waals surface area contributed by atoms with Gasteiger partial charge in [-0.3, -0.25) is 9.79 Å². The number of ether oxygens (including phenoxy) is 1. The summed E-state index contributed by atoms with van der Waals surface area (Å²) in [7, 11) is 3.22. The number of unbranched alkanes of at least 4 members (excludes halogenated alkanes) is 3. The van der Waals surface area contributed by atoms with Gasteiger partial charge in [0.15, 0.2) is 5.96 Å². The van der Waals surface area contributed by atoms with Crippen LogP contribution < -0.4 is 10.6 Å². The molecule has 0 bridgehead atoms. The number of nitrogens with zero attached hydrogens (tertiary/aromatic N) is 1. The van der Waals surface area contributed by atoms with Crippen molar-refractivity contribution in [2.24, 2.45) is 4.99 Å². The highest BCUT2D eigenvalue weighted by atomic mass is 16.5. The van der Waals surface area contributed by atoms with Crippen LogP contribution in [0.3, 0.4) is 0 Å². The van der Waals surface area contributed by atoms with E-state index in [0.717, 1.165) is 44.6 Å². The second-order valence-corrected chi connectivity index (χ2v) is 4.69. The molecule has 0 aliphatic rings. The first-order valence-corrected chi connectivity index (χ1v) is 7.18. The van der Waals surface area contributed by atoms with Crippen LogP contribution in [-0.2, 0) is 9.53 Å². The molecular formula is C14H29N3O2. The lowest BCUT2D eigenvalue weighted by molar-refractivity contribution is -0.140. The number of esters is 1. The number of aliphatic imine (C=N–C) groups is 1. The lowest BCUT2D eigenvalue weighted by atomic mass is 10.1. The minimum absolute atomic E-state index is 0.115. The molecule has 0 amide bonds. The Labute approximate surface area is 117 Å². The minimum Gasteiger partial charge on any atom is -0.469 e. The van der Waals surface area contributed by atoms with E-state index >= 15 is 0 Å². The first-order valence-electron chi connectivity index (χ1n) is 7.18. The summed E-state index contributed by atoms with van der Waals surface area (Å²) in [6, 6.07) is 0.436. The molecule has 0 heterocycles. The van der Waals surface area contributed by atoms with Crippen LogP contribution in [0.15, 0.2) is 4.99 Å². The summed E-state index contributed by atoms with van der Waals surface area (Å²) in [6.45, 7) is 5.19. The molecule has 112 valence electrons. The van der Waals surface area contributed by atoms with E-state index < -0.39 is 0 Å². The van der Waals surface area contributed by atoms with Crippen LogP contribution in [0.1, 0.15) is 52.4 Å². The fourth-order valence-corrected chi connectivity index (χ4v) is 1.59. The molecule has 2 N–H and O–H groups in total. The van der Waals surface area contributed by atoms with E-state index in [9.17, 15) is 4.79 Å². The summed E-state index contributed by atoms with van der Waals surface area (Å²) in [5.74, 6) is 0.750. The van der Waals surface area contributed by atoms with Crippen molar-refractivity contribution in [1.29, 1.82) is 0 Å². The maximum atomic E-state index is 10.9. The molecule has 0 fully saturated rings. The van der Waals surface area contributed by atoms with Crippen molar-refractivity contribution in [2.75, 3.05) is 20.7 Å². The van der Waals surface area contributed by atoms with E-state index in [2.05, 4.69) is 34.2 Å². The molecule has 1 unspecified atom stereocenters. The largest absolute Gasteiger partial charge is 0.469 e. The number of rotatable bonds is 9. The van der Waals surface area contributed by atoms with Crippen LogP contribution in [-0.4, -0.2) is 38.7 Å². The van der Waals surface area contributed by atoms with Gasteiger partial charge in [-0.15, -0.1) is 0 Å². The second-order valence-electron chi connectivity index (χ2n) is 4.69. The third-order valence-electron chi connectivity index (χ3n) is 3.05. The minimum atomic E-state index is -0.115. The van der Waals surface area contributed by atoms with Gasteiger partial charge in [-0.25, -0.2) is 0 Å². The number of carbonyl (C=O) groups excluding carboxylic acids is 1. The smallest absolute Gasteiger partial charge is 0.305 e. The average Bonchev–Trinajstić information content (AvgIpc) is 2.44. The van der Waals surface area contributed by atoms with Gasteiger partial charge < -0.3 is 15.4 Å². The van der Waals surface area contributed by atoms with E-state index in [1.165, 1.54) is 7.11 Å². The van der Waals surface area contributed by atoms with Gasteiger partial charge >= 0.3 is 5.97 Å². The molecule has 0 aromatic carbocycles. The third kappa shape index (κ3) is 10.4. The molecule has 0 saturated heterocycles. The highest BCUT2D eigenvalue weighted by Crippen LogP contribution is 2.03. The maximum Gasteiger partial charge on any atom is 0.305 e. The summed E-state index contributed by atoms with van der Waals surface area (Å²) < 4.78 is 4.60. The number of carbonyl (C=O) groups is 1. The number of methoxy groups -OCH3 is 1. The van der Waals surface area contributed by atoms with Crippen LogP contribution in [0, 0.1) is 0 Å². The van der Waals surface area contributed by atoms with Crippen molar-refractivity contribution in [1.82, 2.24) is 10.6 Å². The van der Waals surface area contributed by atoms with Crippen molar-refractivity contribution in [3.05, 3.63) is 0 Å². The average molecular weight is 271 g/mol. The highest BCUT2D eigenvalue weighted by Gasteiger charge is 2.02. The fourth-order valence-electron chi connectivity index (χ4n) is 1.59. The van der Waals surface area contributed by atoms with E-state index in [4.69, 9.17) is 0 Å². The molecule has 0 saturated carbocycles. The summed E-state index contributed by atoms with van der Waals surface area (Å²) in [6.07, 6.45) is 5.78. The Morgan fingerprint density at radius 1 is 1.26 bits per heavy atom. The van der Waals surface area contributed by atoms with Crippen molar-refractivity contribution >= 4 is 11.9 Å². The quantitative estimate of drug-likeness (QED) is 0.292. The summed E-state index contributed by atoms with van der Waals surface area (Å²) >= 11 is 0. The number of guanidine groups is 1. The van der Waals surface area contributed by atoms with Gasteiger partial charge in [0.2, 0.25) is 0 Å². The van der Waals surface area contributed by atoms with Gasteiger partial charge in [-0.2, -0.15) is 0 Å². The summed E-state index contributed by atoms with van der Waals surface area (Å²) in [5, 5.41) is 6.61. The first-order chi connectivity index (χ1) is 9.13. The molecule has 5 nitrogen and oxygen atoms in total. The zero-order chi connectivity index (χ0) is 14.5. The monoisotopic (exact) mass is 271 g/mol. The number of nitrogens with one attached hydrogen (secondary N) is 2. The van der Waals surface area contributed by atoms with Crippen LogP contribution in [0.2, 0.25) is 0 Å². The van der Waals surface area contributed by atoms with Crippen molar-refractivity contribution < 1.29 is 9.53 Å². The zero-order valence-electron chi connectivity index (χ0n) is 12.8. The fraction of sp³-hybridized carbons (Fsp3) is 0.857. The Hall–Kier alpha value is -1.26. The van der Waals surface area contributed by atoms with E-state index in [0.29, 0.717) is 12.5 Å². The highest BCUT2D eigenvalue weighted by molar-refractivity contribution is 5.79. The van der Waals surface area contributed by atoms with E-state index in [1.807, 2.05) is 0 Å². The molecule has 19 heavy (non-hydrogen) atoms. The standard InChI is InChI=1S/C14H29N3O2/c1-5-12(2)17-14(15-3)16-11-9-7-6-8-10-13(18)19-4/h12H,5-11H2,1-4H3,(H2,15,16,17). The van der Waals surface area contributed by atoms with Crippen molar-refractivity contribution in [3.63, 3.8) is 0 Å². The Bertz CT molecular complexity index is 267. The summed E-state index contributed by atoms with van der Waals surface area (Å²) in [4.78, 5) is 15.1. The molecule has 0 aliphatic carbocycles.